The van der Waals surface area contributed by atoms with E-state index in [4.69, 9.17) is 10.5 Å². The van der Waals surface area contributed by atoms with Crippen LogP contribution in [-0.4, -0.2) is 29.6 Å². The van der Waals surface area contributed by atoms with Crippen molar-refractivity contribution in [1.82, 2.24) is 10.3 Å². The average Bonchev–Trinajstić information content (AvgIpc) is 3.30. The highest BCUT2D eigenvalue weighted by atomic mass is 16.5. The molecule has 21 heavy (non-hydrogen) atoms. The van der Waals surface area contributed by atoms with Gasteiger partial charge in [0.1, 0.15) is 5.75 Å². The van der Waals surface area contributed by atoms with Crippen LogP contribution in [0.5, 0.6) is 5.75 Å². The van der Waals surface area contributed by atoms with Crippen molar-refractivity contribution in [3.8, 4) is 5.75 Å². The maximum Gasteiger partial charge on any atom is 0.234 e. The van der Waals surface area contributed by atoms with Gasteiger partial charge < -0.3 is 15.8 Å². The van der Waals surface area contributed by atoms with Gasteiger partial charge in [0.2, 0.25) is 5.91 Å². The van der Waals surface area contributed by atoms with Gasteiger partial charge in [-0.05, 0) is 31.0 Å². The Bertz CT molecular complexity index is 640. The van der Waals surface area contributed by atoms with Gasteiger partial charge in [0, 0.05) is 30.1 Å². The first-order valence-electron chi connectivity index (χ1n) is 7.25. The van der Waals surface area contributed by atoms with Crippen molar-refractivity contribution in [3.63, 3.8) is 0 Å². The summed E-state index contributed by atoms with van der Waals surface area (Å²) in [7, 11) is 0. The molecule has 0 aliphatic heterocycles. The zero-order valence-electron chi connectivity index (χ0n) is 11.8. The lowest BCUT2D eigenvalue weighted by atomic mass is 10.2. The van der Waals surface area contributed by atoms with Crippen molar-refractivity contribution in [2.45, 2.75) is 31.3 Å². The van der Waals surface area contributed by atoms with E-state index < -0.39 is 0 Å². The number of benzene rings is 1. The third kappa shape index (κ3) is 3.70. The van der Waals surface area contributed by atoms with Crippen LogP contribution in [0, 0.1) is 0 Å². The highest BCUT2D eigenvalue weighted by Crippen LogP contribution is 2.21. The van der Waals surface area contributed by atoms with Crippen molar-refractivity contribution in [3.05, 3.63) is 36.5 Å². The van der Waals surface area contributed by atoms with Crippen LogP contribution < -0.4 is 15.8 Å². The fourth-order valence-corrected chi connectivity index (χ4v) is 2.27. The van der Waals surface area contributed by atoms with E-state index in [1.165, 1.54) is 0 Å². The highest BCUT2D eigenvalue weighted by molar-refractivity contribution is 5.80. The Balaban J connectivity index is 1.56. The number of amides is 1. The monoisotopic (exact) mass is 285 g/mol. The highest BCUT2D eigenvalue weighted by Gasteiger charge is 2.26. The lowest BCUT2D eigenvalue weighted by Gasteiger charge is -2.15. The molecule has 0 radical (unpaired) electrons. The second kappa shape index (κ2) is 6.10. The number of aromatic nitrogens is 1. The third-order valence-corrected chi connectivity index (χ3v) is 3.61. The predicted molar refractivity (Wildman–Crippen MR) is 81.0 cm³/mol. The first kappa shape index (κ1) is 13.8. The molecule has 3 rings (SSSR count). The van der Waals surface area contributed by atoms with Crippen LogP contribution >= 0.6 is 0 Å². The summed E-state index contributed by atoms with van der Waals surface area (Å²) in [5, 5.41) is 4.32. The molecule has 1 aromatic carbocycles. The van der Waals surface area contributed by atoms with Crippen LogP contribution in [0.3, 0.4) is 0 Å². The molecule has 1 saturated carbocycles. The fraction of sp³-hybridized carbons (Fsp3) is 0.375. The Morgan fingerprint density at radius 3 is 3.05 bits per heavy atom. The molecule has 0 spiro atoms. The number of ether oxygens (including phenoxy) is 1. The Hall–Kier alpha value is -2.14. The number of rotatable bonds is 7. The average molecular weight is 285 g/mol. The van der Waals surface area contributed by atoms with Crippen LogP contribution in [0.2, 0.25) is 0 Å². The molecule has 0 saturated heterocycles. The Kier molecular flexibility index (Phi) is 4.01. The number of hydrogen-bond acceptors (Lipinski definition) is 4. The standard InChI is InChI=1S/C16H19N3O2/c17-16(20)14(19-12-4-5-12)7-9-21-13-6-3-11-2-1-8-18-15(11)10-13/h1-3,6,8,10,12,14,19H,4-5,7,9H2,(H2,17,20). The van der Waals surface area contributed by atoms with E-state index in [0.717, 1.165) is 29.5 Å². The lowest BCUT2D eigenvalue weighted by molar-refractivity contribution is -0.120. The number of pyridine rings is 1. The summed E-state index contributed by atoms with van der Waals surface area (Å²) in [6, 6.07) is 9.86. The number of nitrogens with two attached hydrogens (primary N) is 1. The maximum atomic E-state index is 11.4. The van der Waals surface area contributed by atoms with Gasteiger partial charge in [-0.25, -0.2) is 0 Å². The van der Waals surface area contributed by atoms with Crippen LogP contribution in [0.15, 0.2) is 36.5 Å². The van der Waals surface area contributed by atoms with E-state index in [-0.39, 0.29) is 11.9 Å². The van der Waals surface area contributed by atoms with E-state index in [9.17, 15) is 4.79 Å². The van der Waals surface area contributed by atoms with E-state index >= 15 is 0 Å². The largest absolute Gasteiger partial charge is 0.493 e. The summed E-state index contributed by atoms with van der Waals surface area (Å²) < 4.78 is 5.71. The molecule has 1 fully saturated rings. The van der Waals surface area contributed by atoms with Gasteiger partial charge in [-0.15, -0.1) is 0 Å². The van der Waals surface area contributed by atoms with Gasteiger partial charge in [-0.3, -0.25) is 9.78 Å². The molecule has 5 nitrogen and oxygen atoms in total. The van der Waals surface area contributed by atoms with E-state index in [1.54, 1.807) is 6.20 Å². The van der Waals surface area contributed by atoms with Gasteiger partial charge in [-0.2, -0.15) is 0 Å². The Morgan fingerprint density at radius 2 is 2.29 bits per heavy atom. The molecule has 1 atom stereocenters. The third-order valence-electron chi connectivity index (χ3n) is 3.61. The van der Waals surface area contributed by atoms with Gasteiger partial charge in [0.15, 0.2) is 0 Å². The predicted octanol–water partition coefficient (Wildman–Crippen LogP) is 1.61. The molecule has 110 valence electrons. The zero-order valence-corrected chi connectivity index (χ0v) is 11.8. The summed E-state index contributed by atoms with van der Waals surface area (Å²) >= 11 is 0. The minimum Gasteiger partial charge on any atom is -0.493 e. The number of primary amides is 1. The molecule has 5 heteroatoms. The number of hydrogen-bond donors (Lipinski definition) is 2. The van der Waals surface area contributed by atoms with Crippen molar-refractivity contribution in [2.75, 3.05) is 6.61 Å². The van der Waals surface area contributed by atoms with Crippen molar-refractivity contribution < 1.29 is 9.53 Å². The molecule has 1 heterocycles. The minimum atomic E-state index is -0.314. The quantitative estimate of drug-likeness (QED) is 0.810. The van der Waals surface area contributed by atoms with Gasteiger partial charge in [-0.1, -0.05) is 6.07 Å². The first-order chi connectivity index (χ1) is 10.2. The molecule has 1 aliphatic rings. The second-order valence-corrected chi connectivity index (χ2v) is 5.39. The van der Waals surface area contributed by atoms with E-state index in [0.29, 0.717) is 19.1 Å². The van der Waals surface area contributed by atoms with Crippen LogP contribution in [0.4, 0.5) is 0 Å². The lowest BCUT2D eigenvalue weighted by Crippen LogP contribution is -2.43. The zero-order chi connectivity index (χ0) is 14.7. The Morgan fingerprint density at radius 1 is 1.43 bits per heavy atom. The van der Waals surface area contributed by atoms with E-state index in [2.05, 4.69) is 10.3 Å². The van der Waals surface area contributed by atoms with Crippen molar-refractivity contribution in [1.29, 1.82) is 0 Å². The van der Waals surface area contributed by atoms with Gasteiger partial charge in [0.25, 0.3) is 0 Å². The van der Waals surface area contributed by atoms with Gasteiger partial charge >= 0.3 is 0 Å². The molecule has 2 aromatic rings. The summed E-state index contributed by atoms with van der Waals surface area (Å²) in [6.45, 7) is 0.450. The summed E-state index contributed by atoms with van der Waals surface area (Å²) in [6.07, 6.45) is 4.59. The van der Waals surface area contributed by atoms with Crippen molar-refractivity contribution in [2.24, 2.45) is 5.73 Å². The topological polar surface area (TPSA) is 77.2 Å². The molecular formula is C16H19N3O2. The number of carbonyl (C=O) groups excluding carboxylic acids is 1. The fourth-order valence-electron chi connectivity index (χ4n) is 2.27. The molecular weight excluding hydrogens is 266 g/mol. The molecule has 3 N–H and O–H groups in total. The smallest absolute Gasteiger partial charge is 0.234 e. The SMILES string of the molecule is NC(=O)C(CCOc1ccc2cccnc2c1)NC1CC1. The molecule has 1 unspecified atom stereocenters. The molecule has 1 aromatic heterocycles. The molecule has 0 bridgehead atoms. The molecule has 1 amide bonds. The van der Waals surface area contributed by atoms with E-state index in [1.807, 2.05) is 30.3 Å². The summed E-state index contributed by atoms with van der Waals surface area (Å²) in [5.74, 6) is 0.446. The number of nitrogens with zero attached hydrogens (tertiary/aromatic N) is 1. The number of nitrogens with one attached hydrogen (secondary N) is 1. The second-order valence-electron chi connectivity index (χ2n) is 5.39. The first-order valence-corrected chi connectivity index (χ1v) is 7.25. The Labute approximate surface area is 123 Å². The summed E-state index contributed by atoms with van der Waals surface area (Å²) in [4.78, 5) is 15.7. The van der Waals surface area contributed by atoms with Crippen LogP contribution in [0.1, 0.15) is 19.3 Å². The van der Waals surface area contributed by atoms with Crippen LogP contribution in [0.25, 0.3) is 10.9 Å². The molecule has 1 aliphatic carbocycles. The maximum absolute atomic E-state index is 11.4. The normalized spacial score (nSPS) is 15.8. The van der Waals surface area contributed by atoms with Gasteiger partial charge in [0.05, 0.1) is 18.2 Å². The van der Waals surface area contributed by atoms with Crippen LogP contribution in [-0.2, 0) is 4.79 Å². The number of carbonyl (C=O) groups is 1. The minimum absolute atomic E-state index is 0.309. The van der Waals surface area contributed by atoms with Crippen molar-refractivity contribution >= 4 is 16.8 Å². The number of fused-ring (bicyclic) bond motifs is 1. The summed E-state index contributed by atoms with van der Waals surface area (Å²) in [5.41, 5.74) is 6.30.